The van der Waals surface area contributed by atoms with Crippen LogP contribution in [-0.2, 0) is 6.54 Å². The molecule has 2 aliphatic rings. The zero-order valence-corrected chi connectivity index (χ0v) is 14.5. The molecule has 25 heavy (non-hydrogen) atoms. The molecule has 0 bridgehead atoms. The van der Waals surface area contributed by atoms with E-state index < -0.39 is 0 Å². The summed E-state index contributed by atoms with van der Waals surface area (Å²) in [5.74, 6) is -0.213. The predicted molar refractivity (Wildman–Crippen MR) is 96.2 cm³/mol. The van der Waals surface area contributed by atoms with Crippen molar-refractivity contribution in [1.82, 2.24) is 14.4 Å². The Hall–Kier alpha value is -1.69. The molecule has 0 amide bonds. The van der Waals surface area contributed by atoms with Gasteiger partial charge in [-0.3, -0.25) is 9.80 Å². The van der Waals surface area contributed by atoms with Crippen LogP contribution in [0, 0.1) is 5.82 Å². The second-order valence-electron chi connectivity index (χ2n) is 7.24. The van der Waals surface area contributed by atoms with Crippen molar-refractivity contribution in [2.45, 2.75) is 37.9 Å². The van der Waals surface area contributed by atoms with E-state index in [-0.39, 0.29) is 12.4 Å². The van der Waals surface area contributed by atoms with E-state index in [9.17, 15) is 9.50 Å². The average molecular weight is 343 g/mol. The number of aliphatic hydroxyl groups is 1. The molecule has 5 heteroatoms. The Kier molecular flexibility index (Phi) is 4.88. The first-order valence-electron chi connectivity index (χ1n) is 9.26. The molecule has 2 fully saturated rings. The van der Waals surface area contributed by atoms with Gasteiger partial charge in [0.25, 0.3) is 0 Å². The van der Waals surface area contributed by atoms with E-state index in [4.69, 9.17) is 0 Å². The molecule has 0 aliphatic carbocycles. The van der Waals surface area contributed by atoms with E-state index in [1.807, 2.05) is 18.3 Å². The fraction of sp³-hybridized carbons (Fsp3) is 0.500. The van der Waals surface area contributed by atoms with Gasteiger partial charge in [-0.15, -0.1) is 0 Å². The highest BCUT2D eigenvalue weighted by atomic mass is 19.1. The van der Waals surface area contributed by atoms with Crippen LogP contribution in [0.15, 0.2) is 42.6 Å². The third kappa shape index (κ3) is 3.50. The van der Waals surface area contributed by atoms with Crippen LogP contribution < -0.4 is 0 Å². The molecule has 0 spiro atoms. The Labute approximate surface area is 148 Å². The van der Waals surface area contributed by atoms with Crippen LogP contribution in [0.2, 0.25) is 0 Å². The topological polar surface area (TPSA) is 31.6 Å². The second-order valence-corrected chi connectivity index (χ2v) is 7.24. The average Bonchev–Trinajstić information content (AvgIpc) is 3.24. The van der Waals surface area contributed by atoms with Crippen LogP contribution in [0.3, 0.4) is 0 Å². The number of aliphatic hydroxyl groups excluding tert-OH is 1. The van der Waals surface area contributed by atoms with E-state index in [2.05, 4.69) is 20.4 Å². The van der Waals surface area contributed by atoms with Crippen molar-refractivity contribution in [3.05, 3.63) is 54.1 Å². The number of nitrogens with zero attached hydrogens (tertiary/aromatic N) is 3. The summed E-state index contributed by atoms with van der Waals surface area (Å²) in [7, 11) is 0. The summed E-state index contributed by atoms with van der Waals surface area (Å²) in [6, 6.07) is 11.9. The number of halogens is 1. The summed E-state index contributed by atoms with van der Waals surface area (Å²) >= 11 is 0. The van der Waals surface area contributed by atoms with Gasteiger partial charge in [-0.2, -0.15) is 0 Å². The van der Waals surface area contributed by atoms with Crippen LogP contribution in [0.1, 0.15) is 25.0 Å². The second kappa shape index (κ2) is 7.28. The van der Waals surface area contributed by atoms with Gasteiger partial charge in [0, 0.05) is 55.9 Å². The van der Waals surface area contributed by atoms with Crippen molar-refractivity contribution < 1.29 is 9.50 Å². The normalized spacial score (nSPS) is 24.6. The third-order valence-electron chi connectivity index (χ3n) is 5.65. The summed E-state index contributed by atoms with van der Waals surface area (Å²) < 4.78 is 15.7. The number of hydrogen-bond donors (Lipinski definition) is 1. The third-order valence-corrected chi connectivity index (χ3v) is 5.65. The first-order chi connectivity index (χ1) is 12.2. The SMILES string of the molecule is OCC[C@H]1CN2CCC[C@H]2CN1Cc1cccn1-c1cccc(F)c1. The Morgan fingerprint density at radius 1 is 1.16 bits per heavy atom. The molecule has 0 radical (unpaired) electrons. The van der Waals surface area contributed by atoms with Gasteiger partial charge in [0.1, 0.15) is 5.82 Å². The number of piperazine rings is 1. The zero-order chi connectivity index (χ0) is 17.2. The van der Waals surface area contributed by atoms with Crippen molar-refractivity contribution >= 4 is 0 Å². The van der Waals surface area contributed by atoms with E-state index in [1.54, 1.807) is 12.1 Å². The first-order valence-corrected chi connectivity index (χ1v) is 9.26. The van der Waals surface area contributed by atoms with Gasteiger partial charge in [0.05, 0.1) is 0 Å². The minimum atomic E-state index is -0.213. The quantitative estimate of drug-likeness (QED) is 0.906. The van der Waals surface area contributed by atoms with E-state index >= 15 is 0 Å². The van der Waals surface area contributed by atoms with Gasteiger partial charge in [-0.05, 0) is 56.1 Å². The summed E-state index contributed by atoms with van der Waals surface area (Å²) in [6.07, 6.45) is 5.36. The summed E-state index contributed by atoms with van der Waals surface area (Å²) in [4.78, 5) is 5.09. The number of hydrogen-bond acceptors (Lipinski definition) is 3. The molecule has 1 N–H and O–H groups in total. The molecular weight excluding hydrogens is 317 g/mol. The fourth-order valence-corrected chi connectivity index (χ4v) is 4.40. The zero-order valence-electron chi connectivity index (χ0n) is 14.5. The van der Waals surface area contributed by atoms with Crippen molar-refractivity contribution in [3.8, 4) is 5.69 Å². The molecule has 2 aliphatic heterocycles. The predicted octanol–water partition coefficient (Wildman–Crippen LogP) is 2.65. The molecule has 134 valence electrons. The van der Waals surface area contributed by atoms with Crippen molar-refractivity contribution in [1.29, 1.82) is 0 Å². The Bertz CT molecular complexity index is 716. The summed E-state index contributed by atoms with van der Waals surface area (Å²) in [5, 5.41) is 9.47. The number of rotatable bonds is 5. The molecule has 1 aromatic heterocycles. The molecule has 3 heterocycles. The Morgan fingerprint density at radius 3 is 2.92 bits per heavy atom. The van der Waals surface area contributed by atoms with Crippen LogP contribution in [0.5, 0.6) is 0 Å². The maximum atomic E-state index is 13.6. The highest BCUT2D eigenvalue weighted by molar-refractivity contribution is 5.35. The largest absolute Gasteiger partial charge is 0.396 e. The van der Waals surface area contributed by atoms with Gasteiger partial charge < -0.3 is 9.67 Å². The number of fused-ring (bicyclic) bond motifs is 1. The van der Waals surface area contributed by atoms with E-state index in [1.165, 1.54) is 31.1 Å². The first kappa shape index (κ1) is 16.8. The lowest BCUT2D eigenvalue weighted by Gasteiger charge is -2.43. The molecular formula is C20H26FN3O. The van der Waals surface area contributed by atoms with Gasteiger partial charge >= 0.3 is 0 Å². The summed E-state index contributed by atoms with van der Waals surface area (Å²) in [5.41, 5.74) is 2.03. The van der Waals surface area contributed by atoms with Gasteiger partial charge in [0.15, 0.2) is 0 Å². The molecule has 0 saturated carbocycles. The molecule has 2 atom stereocenters. The van der Waals surface area contributed by atoms with E-state index in [0.717, 1.165) is 31.7 Å². The van der Waals surface area contributed by atoms with Crippen molar-refractivity contribution in [2.24, 2.45) is 0 Å². The smallest absolute Gasteiger partial charge is 0.125 e. The number of benzene rings is 1. The lowest BCUT2D eigenvalue weighted by molar-refractivity contribution is 0.0323. The van der Waals surface area contributed by atoms with Crippen molar-refractivity contribution in [3.63, 3.8) is 0 Å². The van der Waals surface area contributed by atoms with Crippen LogP contribution >= 0.6 is 0 Å². The lowest BCUT2D eigenvalue weighted by atomic mass is 10.0. The van der Waals surface area contributed by atoms with Gasteiger partial charge in [0.2, 0.25) is 0 Å². The molecule has 2 aromatic rings. The lowest BCUT2D eigenvalue weighted by Crippen LogP contribution is -2.55. The maximum Gasteiger partial charge on any atom is 0.125 e. The molecule has 4 rings (SSSR count). The highest BCUT2D eigenvalue weighted by Gasteiger charge is 2.36. The Morgan fingerprint density at radius 2 is 2.08 bits per heavy atom. The molecule has 2 saturated heterocycles. The number of aromatic nitrogens is 1. The minimum Gasteiger partial charge on any atom is -0.396 e. The van der Waals surface area contributed by atoms with E-state index in [0.29, 0.717) is 12.1 Å². The maximum absolute atomic E-state index is 13.6. The Balaban J connectivity index is 1.55. The van der Waals surface area contributed by atoms with Crippen LogP contribution in [0.25, 0.3) is 5.69 Å². The standard InChI is InChI=1S/C20H26FN3O/c21-16-4-1-5-17(12-16)24-10-3-7-20(24)15-23-14-18-6-2-9-22(18)13-19(23)8-11-25/h1,3-5,7,10,12,18-19,25H,2,6,8-9,11,13-15H2/t18-,19-/m0/s1. The van der Waals surface area contributed by atoms with Crippen molar-refractivity contribution in [2.75, 3.05) is 26.2 Å². The molecule has 0 unspecified atom stereocenters. The highest BCUT2D eigenvalue weighted by Crippen LogP contribution is 2.27. The van der Waals surface area contributed by atoms with Gasteiger partial charge in [-0.1, -0.05) is 6.07 Å². The molecule has 4 nitrogen and oxygen atoms in total. The monoisotopic (exact) mass is 343 g/mol. The summed E-state index contributed by atoms with van der Waals surface area (Å²) in [6.45, 7) is 4.36. The molecule has 1 aromatic carbocycles. The fourth-order valence-electron chi connectivity index (χ4n) is 4.40. The van der Waals surface area contributed by atoms with Crippen LogP contribution in [-0.4, -0.2) is 57.8 Å². The minimum absolute atomic E-state index is 0.213. The van der Waals surface area contributed by atoms with Gasteiger partial charge in [-0.25, -0.2) is 4.39 Å². The van der Waals surface area contributed by atoms with Crippen LogP contribution in [0.4, 0.5) is 4.39 Å².